The van der Waals surface area contributed by atoms with E-state index in [0.29, 0.717) is 110 Å². The van der Waals surface area contributed by atoms with E-state index in [4.69, 9.17) is 25.7 Å². The van der Waals surface area contributed by atoms with Gasteiger partial charge in [0.15, 0.2) is 11.3 Å². The molecule has 384 valence electrons. The molecule has 4 aromatic heterocycles. The Bertz CT molecular complexity index is 3250. The molecule has 4 aromatic carbocycles. The van der Waals surface area contributed by atoms with E-state index in [-0.39, 0.29) is 56.8 Å². The third-order valence-electron chi connectivity index (χ3n) is 11.7. The van der Waals surface area contributed by atoms with Crippen LogP contribution in [0.15, 0.2) is 97.1 Å². The van der Waals surface area contributed by atoms with Crippen molar-refractivity contribution >= 4 is 57.6 Å². The maximum atomic E-state index is 14.0. The molecule has 4 amide bonds. The van der Waals surface area contributed by atoms with Crippen LogP contribution >= 0.6 is 0 Å². The number of aromatic nitrogens is 6. The number of aromatic carboxylic acids is 2. The third kappa shape index (κ3) is 12.1. The number of aromatic amines is 2. The number of halogens is 2. The number of hydrogen-bond donors (Lipinski definition) is 8. The van der Waals surface area contributed by atoms with Crippen LogP contribution in [0.3, 0.4) is 0 Å². The molecule has 0 radical (unpaired) electrons. The lowest BCUT2D eigenvalue weighted by Crippen LogP contribution is -2.25. The van der Waals surface area contributed by atoms with Gasteiger partial charge in [-0.3, -0.25) is 29.4 Å². The number of nitrogens with two attached hydrogens (primary N) is 2. The van der Waals surface area contributed by atoms with Gasteiger partial charge in [-0.05, 0) is 85.6 Å². The Balaban J connectivity index is 0.691. The molecule has 8 aromatic rings. The highest BCUT2D eigenvalue weighted by Gasteiger charge is 2.23. The molecule has 21 nitrogen and oxygen atoms in total. The maximum Gasteiger partial charge on any atom is 0.338 e. The lowest BCUT2D eigenvalue weighted by Gasteiger charge is -2.09. The number of pyridine rings is 2. The van der Waals surface area contributed by atoms with Crippen LogP contribution in [-0.2, 0) is 14.2 Å². The largest absolute Gasteiger partial charge is 0.478 e. The van der Waals surface area contributed by atoms with Gasteiger partial charge in [-0.2, -0.15) is 10.2 Å². The van der Waals surface area contributed by atoms with Gasteiger partial charge in [-0.1, -0.05) is 24.3 Å². The van der Waals surface area contributed by atoms with E-state index < -0.39 is 46.5 Å². The number of nitrogens with one attached hydrogen (secondary N) is 4. The number of H-pyrrole nitrogens is 2. The molecule has 0 fully saturated rings. The van der Waals surface area contributed by atoms with Crippen molar-refractivity contribution in [2.75, 3.05) is 52.7 Å². The summed E-state index contributed by atoms with van der Waals surface area (Å²) in [5.74, 6) is -6.94. The second-order valence-electron chi connectivity index (χ2n) is 16.6. The van der Waals surface area contributed by atoms with Crippen molar-refractivity contribution in [1.29, 1.82) is 0 Å². The molecule has 10 N–H and O–H groups in total. The number of primary amides is 2. The van der Waals surface area contributed by atoms with E-state index in [9.17, 15) is 47.8 Å². The Hall–Kier alpha value is -9.32. The minimum atomic E-state index is -1.46. The Labute approximate surface area is 423 Å². The van der Waals surface area contributed by atoms with Gasteiger partial charge in [0.1, 0.15) is 23.0 Å². The van der Waals surface area contributed by atoms with Crippen molar-refractivity contribution < 1.29 is 62.0 Å². The van der Waals surface area contributed by atoms with Crippen molar-refractivity contribution in [3.8, 4) is 45.0 Å². The van der Waals surface area contributed by atoms with Gasteiger partial charge < -0.3 is 46.5 Å². The van der Waals surface area contributed by atoms with Crippen molar-refractivity contribution in [1.82, 2.24) is 41.0 Å². The van der Waals surface area contributed by atoms with Crippen molar-refractivity contribution in [2.45, 2.75) is 12.8 Å². The number of carbonyl (C=O) groups excluding carboxylic acids is 4. The monoisotopic (exact) mass is 1020 g/mol. The molecule has 0 aliphatic carbocycles. The van der Waals surface area contributed by atoms with Gasteiger partial charge in [-0.25, -0.2) is 28.3 Å². The minimum Gasteiger partial charge on any atom is -0.478 e. The summed E-state index contributed by atoms with van der Waals surface area (Å²) in [5.41, 5.74) is 14.3. The van der Waals surface area contributed by atoms with Gasteiger partial charge in [0.05, 0.1) is 70.8 Å². The van der Waals surface area contributed by atoms with E-state index in [1.54, 1.807) is 48.5 Å². The molecule has 0 bridgehead atoms. The van der Waals surface area contributed by atoms with Crippen LogP contribution in [0, 0.1) is 11.6 Å². The third-order valence-corrected chi connectivity index (χ3v) is 11.7. The standard InChI is InChI=1S/C52H46F2N10O11/c53-37-13-11-31(23-33(37)51(69)70)39-25-35(45(55)65)41-43(61-63-47(41)59-39)27-3-7-29(8-4-27)49(67)57-15-1-17-73-19-21-75-22-20-74-18-2-16-58-50(68)30-9-5-28(6-10-30)44-42-36(46(56)66)26-40(60-48(42)64-62-44)32-12-14-38(54)34(24-32)52(71)72/h3-14,23-26H,1-2,15-22H2,(H2,55,65)(H2,56,66)(H,57,67)(H,58,68)(H,69,70)(H,71,72)(H,59,61,63)(H,60,62,64). The van der Waals surface area contributed by atoms with E-state index in [0.717, 1.165) is 24.3 Å². The van der Waals surface area contributed by atoms with E-state index in [1.165, 1.54) is 24.3 Å². The summed E-state index contributed by atoms with van der Waals surface area (Å²) >= 11 is 0. The zero-order valence-electron chi connectivity index (χ0n) is 39.6. The fraction of sp³-hybridized carbons (Fsp3) is 0.192. The summed E-state index contributed by atoms with van der Waals surface area (Å²) in [4.78, 5) is 82.7. The summed E-state index contributed by atoms with van der Waals surface area (Å²) in [5, 5.41) is 39.2. The number of carbonyl (C=O) groups is 6. The number of benzene rings is 4. The first-order valence-electron chi connectivity index (χ1n) is 23.1. The topological polar surface area (TPSA) is 330 Å². The van der Waals surface area contributed by atoms with Crippen LogP contribution in [0.5, 0.6) is 0 Å². The van der Waals surface area contributed by atoms with Gasteiger partial charge >= 0.3 is 11.9 Å². The molecule has 0 saturated heterocycles. The number of ether oxygens (including phenoxy) is 3. The van der Waals surface area contributed by atoms with E-state index in [1.807, 2.05) is 0 Å². The number of hydrogen-bond acceptors (Lipinski definition) is 13. The Morgan fingerprint density at radius 3 is 1.21 bits per heavy atom. The van der Waals surface area contributed by atoms with Gasteiger partial charge in [-0.15, -0.1) is 0 Å². The smallest absolute Gasteiger partial charge is 0.338 e. The summed E-state index contributed by atoms with van der Waals surface area (Å²) in [6, 6.07) is 22.8. The van der Waals surface area contributed by atoms with Crippen molar-refractivity contribution in [2.24, 2.45) is 11.5 Å². The van der Waals surface area contributed by atoms with Crippen LogP contribution in [0.4, 0.5) is 8.78 Å². The summed E-state index contributed by atoms with van der Waals surface area (Å²) in [7, 11) is 0. The molecule has 4 heterocycles. The van der Waals surface area contributed by atoms with E-state index >= 15 is 0 Å². The molecule has 8 rings (SSSR count). The maximum absolute atomic E-state index is 14.0. The first-order valence-corrected chi connectivity index (χ1v) is 23.1. The zero-order chi connectivity index (χ0) is 53.2. The lowest BCUT2D eigenvalue weighted by molar-refractivity contribution is 0.0139. The average Bonchev–Trinajstić information content (AvgIpc) is 4.04. The SMILES string of the molecule is NC(=O)c1cc(-c2ccc(F)c(C(=O)O)c2)nc2[nH]nc(-c3ccc(C(=O)NCCCOCCOCCOCCCNC(=O)c4ccc(-c5n[nH]c6nc(-c7ccc(F)c(C(=O)O)c7)cc(C(N)=O)c56)cc4)cc3)c12. The molecule has 0 spiro atoms. The highest BCUT2D eigenvalue weighted by atomic mass is 19.1. The summed E-state index contributed by atoms with van der Waals surface area (Å²) in [6.45, 7) is 2.88. The van der Waals surface area contributed by atoms with Gasteiger partial charge in [0, 0.05) is 59.7 Å². The molecule has 0 saturated carbocycles. The number of nitrogens with zero attached hydrogens (tertiary/aromatic N) is 4. The van der Waals surface area contributed by atoms with Crippen LogP contribution in [0.25, 0.3) is 67.1 Å². The first kappa shape index (κ1) is 52.0. The van der Waals surface area contributed by atoms with Crippen LogP contribution < -0.4 is 22.1 Å². The normalized spacial score (nSPS) is 11.2. The zero-order valence-corrected chi connectivity index (χ0v) is 39.6. The predicted molar refractivity (Wildman–Crippen MR) is 267 cm³/mol. The predicted octanol–water partition coefficient (Wildman–Crippen LogP) is 5.76. The Morgan fingerprint density at radius 2 is 0.853 bits per heavy atom. The molecule has 0 atom stereocenters. The Kier molecular flexibility index (Phi) is 16.3. The van der Waals surface area contributed by atoms with E-state index in [2.05, 4.69) is 41.0 Å². The Morgan fingerprint density at radius 1 is 0.493 bits per heavy atom. The molecule has 23 heteroatoms. The number of amides is 4. The molecular weight excluding hydrogens is 979 g/mol. The number of carboxylic acids is 2. The highest BCUT2D eigenvalue weighted by Crippen LogP contribution is 2.34. The highest BCUT2D eigenvalue weighted by molar-refractivity contribution is 6.12. The van der Waals surface area contributed by atoms with Gasteiger partial charge in [0.2, 0.25) is 11.8 Å². The number of rotatable bonds is 24. The van der Waals surface area contributed by atoms with Crippen LogP contribution in [0.1, 0.15) is 75.0 Å². The van der Waals surface area contributed by atoms with Crippen molar-refractivity contribution in [3.63, 3.8) is 0 Å². The number of fused-ring (bicyclic) bond motifs is 2. The first-order chi connectivity index (χ1) is 36.2. The minimum absolute atomic E-state index is 0.0555. The summed E-state index contributed by atoms with van der Waals surface area (Å²) in [6.07, 6.45) is 1.11. The molecule has 75 heavy (non-hydrogen) atoms. The molecular formula is C52H46F2N10O11. The molecule has 0 unspecified atom stereocenters. The fourth-order valence-electron chi connectivity index (χ4n) is 7.92. The average molecular weight is 1020 g/mol. The second-order valence-corrected chi connectivity index (χ2v) is 16.6. The van der Waals surface area contributed by atoms with Gasteiger partial charge in [0.25, 0.3) is 11.8 Å². The lowest BCUT2D eigenvalue weighted by atomic mass is 10.0. The van der Waals surface area contributed by atoms with Crippen molar-refractivity contribution in [3.05, 3.63) is 142 Å². The number of carboxylic acid groups (broad SMARTS) is 2. The molecule has 0 aliphatic heterocycles. The van der Waals surface area contributed by atoms with Crippen LogP contribution in [0.2, 0.25) is 0 Å². The fourth-order valence-corrected chi connectivity index (χ4v) is 7.92. The molecule has 0 aliphatic rings. The van der Waals surface area contributed by atoms with Crippen LogP contribution in [-0.4, -0.2) is 129 Å². The summed E-state index contributed by atoms with van der Waals surface area (Å²) < 4.78 is 44.8. The quantitative estimate of drug-likeness (QED) is 0.0334. The second kappa shape index (κ2) is 23.5.